The van der Waals surface area contributed by atoms with Gasteiger partial charge in [-0.15, -0.1) is 0 Å². The Hall–Kier alpha value is -3.36. The van der Waals surface area contributed by atoms with Crippen LogP contribution in [0.4, 0.5) is 5.69 Å². The Bertz CT molecular complexity index is 1420. The Morgan fingerprint density at radius 1 is 0.923 bits per heavy atom. The SMILES string of the molecule is Cc1ccc(N(CC(=O)N(Cc2ccccc2)C(C)C(=O)NC(C)(C)C)S(=O)(=O)c2ccc(Cl)cc2)cc1C. The van der Waals surface area contributed by atoms with Crippen molar-refractivity contribution in [2.45, 2.75) is 64.6 Å². The second-order valence-corrected chi connectivity index (χ2v) is 13.0. The van der Waals surface area contributed by atoms with E-state index in [4.69, 9.17) is 11.6 Å². The Morgan fingerprint density at radius 2 is 1.54 bits per heavy atom. The number of nitrogens with one attached hydrogen (secondary N) is 1. The molecule has 0 bridgehead atoms. The summed E-state index contributed by atoms with van der Waals surface area (Å²) >= 11 is 6.00. The van der Waals surface area contributed by atoms with E-state index in [0.717, 1.165) is 21.0 Å². The van der Waals surface area contributed by atoms with Crippen molar-refractivity contribution in [1.82, 2.24) is 10.2 Å². The lowest BCUT2D eigenvalue weighted by atomic mass is 10.1. The van der Waals surface area contributed by atoms with Crippen LogP contribution in [0.2, 0.25) is 5.02 Å². The normalized spacial score (nSPS) is 12.5. The molecule has 0 aliphatic carbocycles. The fourth-order valence-electron chi connectivity index (χ4n) is 3.98. The van der Waals surface area contributed by atoms with Crippen molar-refractivity contribution < 1.29 is 18.0 Å². The third-order valence-corrected chi connectivity index (χ3v) is 8.36. The van der Waals surface area contributed by atoms with Gasteiger partial charge in [-0.05, 0) is 94.6 Å². The Labute approximate surface area is 236 Å². The molecule has 1 unspecified atom stereocenters. The number of rotatable bonds is 9. The lowest BCUT2D eigenvalue weighted by molar-refractivity contribution is -0.140. The maximum Gasteiger partial charge on any atom is 0.264 e. The van der Waals surface area contributed by atoms with E-state index in [0.29, 0.717) is 10.7 Å². The van der Waals surface area contributed by atoms with Crippen LogP contribution in [0.15, 0.2) is 77.7 Å². The zero-order valence-electron chi connectivity index (χ0n) is 23.2. The molecular formula is C30H36ClN3O4S. The third kappa shape index (κ3) is 7.83. The largest absolute Gasteiger partial charge is 0.350 e. The number of carbonyl (C=O) groups excluding carboxylic acids is 2. The van der Waals surface area contributed by atoms with Crippen LogP contribution < -0.4 is 9.62 Å². The molecule has 0 fully saturated rings. The summed E-state index contributed by atoms with van der Waals surface area (Å²) in [5, 5.41) is 3.32. The van der Waals surface area contributed by atoms with Gasteiger partial charge in [0.15, 0.2) is 0 Å². The van der Waals surface area contributed by atoms with E-state index in [2.05, 4.69) is 5.32 Å². The molecule has 3 aromatic rings. The first-order valence-corrected chi connectivity index (χ1v) is 14.5. The molecule has 0 aromatic heterocycles. The molecule has 208 valence electrons. The number of anilines is 1. The number of amides is 2. The van der Waals surface area contributed by atoms with Crippen molar-refractivity contribution >= 4 is 39.1 Å². The zero-order valence-corrected chi connectivity index (χ0v) is 24.8. The number of aryl methyl sites for hydroxylation is 2. The van der Waals surface area contributed by atoms with Gasteiger partial charge in [-0.1, -0.05) is 48.0 Å². The van der Waals surface area contributed by atoms with Crippen LogP contribution in [-0.2, 0) is 26.2 Å². The van der Waals surface area contributed by atoms with Crippen LogP contribution in [0, 0.1) is 13.8 Å². The van der Waals surface area contributed by atoms with Crippen LogP contribution in [0.5, 0.6) is 0 Å². The van der Waals surface area contributed by atoms with Gasteiger partial charge >= 0.3 is 0 Å². The molecule has 0 spiro atoms. The molecule has 1 atom stereocenters. The average Bonchev–Trinajstić information content (AvgIpc) is 2.86. The molecule has 1 N–H and O–H groups in total. The Kier molecular flexibility index (Phi) is 9.46. The molecule has 0 aliphatic rings. The average molecular weight is 570 g/mol. The predicted octanol–water partition coefficient (Wildman–Crippen LogP) is 5.48. The number of benzene rings is 3. The highest BCUT2D eigenvalue weighted by Crippen LogP contribution is 2.27. The van der Waals surface area contributed by atoms with Crippen molar-refractivity contribution in [3.63, 3.8) is 0 Å². The molecule has 7 nitrogen and oxygen atoms in total. The smallest absolute Gasteiger partial charge is 0.264 e. The highest BCUT2D eigenvalue weighted by molar-refractivity contribution is 7.92. The predicted molar refractivity (Wildman–Crippen MR) is 156 cm³/mol. The third-order valence-electron chi connectivity index (χ3n) is 6.32. The Morgan fingerprint density at radius 3 is 2.10 bits per heavy atom. The summed E-state index contributed by atoms with van der Waals surface area (Å²) in [5.41, 5.74) is 2.55. The minimum atomic E-state index is -4.15. The van der Waals surface area contributed by atoms with Gasteiger partial charge in [0.1, 0.15) is 12.6 Å². The molecule has 2 amide bonds. The molecule has 0 heterocycles. The van der Waals surface area contributed by atoms with Gasteiger partial charge in [0.2, 0.25) is 11.8 Å². The molecule has 0 radical (unpaired) electrons. The summed E-state index contributed by atoms with van der Waals surface area (Å²) in [6, 6.07) is 19.5. The molecule has 0 saturated carbocycles. The summed E-state index contributed by atoms with van der Waals surface area (Å²) in [6.45, 7) is 10.7. The lowest BCUT2D eigenvalue weighted by Gasteiger charge is -2.33. The maximum atomic E-state index is 13.9. The molecule has 3 aromatic carbocycles. The molecule has 39 heavy (non-hydrogen) atoms. The second-order valence-electron chi connectivity index (χ2n) is 10.7. The minimum absolute atomic E-state index is 0.00561. The molecule has 0 aliphatic heterocycles. The van der Waals surface area contributed by atoms with E-state index in [1.54, 1.807) is 19.1 Å². The Balaban J connectivity index is 2.05. The summed E-state index contributed by atoms with van der Waals surface area (Å²) in [6.07, 6.45) is 0. The van der Waals surface area contributed by atoms with Gasteiger partial charge in [-0.2, -0.15) is 0 Å². The van der Waals surface area contributed by atoms with Crippen LogP contribution in [0.1, 0.15) is 44.4 Å². The molecule has 0 saturated heterocycles. The summed E-state index contributed by atoms with van der Waals surface area (Å²) in [4.78, 5) is 28.5. The summed E-state index contributed by atoms with van der Waals surface area (Å²) < 4.78 is 28.9. The van der Waals surface area contributed by atoms with Crippen molar-refractivity contribution in [3.8, 4) is 0 Å². The van der Waals surface area contributed by atoms with Gasteiger partial charge in [0, 0.05) is 17.1 Å². The number of hydrogen-bond donors (Lipinski definition) is 1. The first-order valence-electron chi connectivity index (χ1n) is 12.7. The molecular weight excluding hydrogens is 534 g/mol. The zero-order chi connectivity index (χ0) is 29.0. The monoisotopic (exact) mass is 569 g/mol. The van der Waals surface area contributed by atoms with Crippen molar-refractivity contribution in [3.05, 3.63) is 94.5 Å². The number of nitrogens with zero attached hydrogens (tertiary/aromatic N) is 2. The van der Waals surface area contributed by atoms with E-state index < -0.39 is 34.1 Å². The minimum Gasteiger partial charge on any atom is -0.350 e. The fourth-order valence-corrected chi connectivity index (χ4v) is 5.51. The van der Waals surface area contributed by atoms with Gasteiger partial charge in [-0.25, -0.2) is 8.42 Å². The van der Waals surface area contributed by atoms with Gasteiger partial charge in [0.05, 0.1) is 10.6 Å². The number of carbonyl (C=O) groups is 2. The van der Waals surface area contributed by atoms with Crippen molar-refractivity contribution in [2.75, 3.05) is 10.8 Å². The van der Waals surface area contributed by atoms with Crippen LogP contribution in [-0.4, -0.2) is 43.3 Å². The maximum absolute atomic E-state index is 13.9. The van der Waals surface area contributed by atoms with Crippen molar-refractivity contribution in [2.24, 2.45) is 0 Å². The quantitative estimate of drug-likeness (QED) is 0.369. The number of sulfonamides is 1. The first kappa shape index (κ1) is 30.2. The molecule has 9 heteroatoms. The fraction of sp³-hybridized carbons (Fsp3) is 0.333. The van der Waals surface area contributed by atoms with E-state index in [9.17, 15) is 18.0 Å². The molecule has 3 rings (SSSR count). The van der Waals surface area contributed by atoms with Gasteiger partial charge in [-0.3, -0.25) is 13.9 Å². The van der Waals surface area contributed by atoms with E-state index in [1.165, 1.54) is 29.2 Å². The number of halogens is 1. The highest BCUT2D eigenvalue weighted by atomic mass is 35.5. The van der Waals surface area contributed by atoms with Crippen LogP contribution in [0.25, 0.3) is 0 Å². The highest BCUT2D eigenvalue weighted by Gasteiger charge is 2.33. The van der Waals surface area contributed by atoms with Crippen molar-refractivity contribution in [1.29, 1.82) is 0 Å². The second kappa shape index (κ2) is 12.2. The van der Waals surface area contributed by atoms with Crippen LogP contribution >= 0.6 is 11.6 Å². The van der Waals surface area contributed by atoms with Gasteiger partial charge < -0.3 is 10.2 Å². The van der Waals surface area contributed by atoms with Crippen LogP contribution in [0.3, 0.4) is 0 Å². The van der Waals surface area contributed by atoms with E-state index in [-0.39, 0.29) is 17.3 Å². The topological polar surface area (TPSA) is 86.8 Å². The van der Waals surface area contributed by atoms with Gasteiger partial charge in [0.25, 0.3) is 10.0 Å². The standard InChI is InChI=1S/C30H36ClN3O4S/c1-21-12-15-26(18-22(21)2)34(39(37,38)27-16-13-25(31)14-17-27)20-28(35)33(19-24-10-8-7-9-11-24)23(3)29(36)32-30(4,5)6/h7-18,23H,19-20H2,1-6H3,(H,32,36). The summed E-state index contributed by atoms with van der Waals surface area (Å²) in [7, 11) is -4.15. The lowest BCUT2D eigenvalue weighted by Crippen LogP contribution is -2.54. The van der Waals surface area contributed by atoms with E-state index in [1.807, 2.05) is 71.0 Å². The summed E-state index contributed by atoms with van der Waals surface area (Å²) in [5.74, 6) is -0.837. The first-order chi connectivity index (χ1) is 18.2. The number of hydrogen-bond acceptors (Lipinski definition) is 4. The van der Waals surface area contributed by atoms with E-state index >= 15 is 0 Å².